The Morgan fingerprint density at radius 2 is 2.04 bits per heavy atom. The van der Waals surface area contributed by atoms with E-state index in [0.717, 1.165) is 19.3 Å². The number of rotatable bonds is 3. The molecule has 0 spiro atoms. The molecule has 0 heterocycles. The number of carbonyl (C=O) groups is 2. The van der Waals surface area contributed by atoms with Crippen molar-refractivity contribution in [2.75, 3.05) is 4.43 Å². The Bertz CT molecular complexity index is 648. The molecule has 8 atom stereocenters. The van der Waals surface area contributed by atoms with Gasteiger partial charge in [-0.2, -0.15) is 0 Å². The second kappa shape index (κ2) is 7.12. The molecule has 1 N–H and O–H groups in total. The van der Waals surface area contributed by atoms with Crippen molar-refractivity contribution in [3.63, 3.8) is 0 Å². The quantitative estimate of drug-likeness (QED) is 0.278. The first kappa shape index (κ1) is 21.3. The number of aliphatic hydroxyl groups excluding tert-OH is 1. The van der Waals surface area contributed by atoms with E-state index in [1.165, 1.54) is 0 Å². The fraction of sp³-hybridized carbons (Fsp3) is 0.818. The first-order valence-corrected chi connectivity index (χ1v) is 11.7. The zero-order valence-electron chi connectivity index (χ0n) is 17.0. The van der Waals surface area contributed by atoms with Crippen LogP contribution in [0, 0.1) is 34.0 Å². The van der Waals surface area contributed by atoms with E-state index in [1.807, 2.05) is 35.6 Å². The summed E-state index contributed by atoms with van der Waals surface area (Å²) < 4.78 is 6.30. The third kappa shape index (κ3) is 2.93. The smallest absolute Gasteiger partial charge is 0.316 e. The number of hydrogen-bond acceptors (Lipinski definition) is 4. The summed E-state index contributed by atoms with van der Waals surface area (Å²) in [5, 5.41) is 11.4. The average molecular weight is 488 g/mol. The molecule has 0 saturated heterocycles. The number of carbonyl (C=O) groups excluding carboxylic acids is 2. The molecule has 3 aliphatic carbocycles. The Labute approximate surface area is 176 Å². The van der Waals surface area contributed by atoms with Gasteiger partial charge in [0.15, 0.2) is 0 Å². The fourth-order valence-corrected chi connectivity index (χ4v) is 6.87. The van der Waals surface area contributed by atoms with Gasteiger partial charge in [0, 0.05) is 23.2 Å². The van der Waals surface area contributed by atoms with Crippen LogP contribution in [0.5, 0.6) is 0 Å². The normalized spacial score (nSPS) is 49.7. The largest absolute Gasteiger partial charge is 0.461 e. The molecule has 0 aromatic heterocycles. The molecule has 27 heavy (non-hydrogen) atoms. The third-order valence-electron chi connectivity index (χ3n) is 8.68. The van der Waals surface area contributed by atoms with Crippen molar-refractivity contribution in [1.82, 2.24) is 0 Å². The van der Waals surface area contributed by atoms with Gasteiger partial charge in [0.25, 0.3) is 0 Å². The number of ether oxygens (including phenoxy) is 1. The summed E-state index contributed by atoms with van der Waals surface area (Å²) in [4.78, 5) is 25.5. The van der Waals surface area contributed by atoms with E-state index in [0.29, 0.717) is 18.6 Å². The zero-order chi connectivity index (χ0) is 20.2. The highest BCUT2D eigenvalue weighted by molar-refractivity contribution is 14.1. The van der Waals surface area contributed by atoms with E-state index in [1.54, 1.807) is 0 Å². The molecule has 0 amide bonds. The maximum Gasteiger partial charge on any atom is 0.316 e. The topological polar surface area (TPSA) is 63.6 Å². The SMILES string of the molecule is C=C[C@]1(C)C[C@H](OC(=O)CI)[C@]2(C)[C@H](C)CC[C@]3(CCC(=O)[C@H]32)[C@@H](C)[C@@H]1O. The van der Waals surface area contributed by atoms with Crippen molar-refractivity contribution >= 4 is 34.3 Å². The van der Waals surface area contributed by atoms with Crippen molar-refractivity contribution in [3.05, 3.63) is 12.7 Å². The van der Waals surface area contributed by atoms with Crippen LogP contribution in [0.1, 0.15) is 59.8 Å². The van der Waals surface area contributed by atoms with Crippen LogP contribution in [-0.2, 0) is 14.3 Å². The van der Waals surface area contributed by atoms with Crippen LogP contribution in [0.2, 0.25) is 0 Å². The Morgan fingerprint density at radius 1 is 1.37 bits per heavy atom. The van der Waals surface area contributed by atoms with Crippen molar-refractivity contribution in [2.45, 2.75) is 72.0 Å². The van der Waals surface area contributed by atoms with Gasteiger partial charge in [-0.3, -0.25) is 9.59 Å². The van der Waals surface area contributed by atoms with Crippen LogP contribution in [0.4, 0.5) is 0 Å². The van der Waals surface area contributed by atoms with E-state index < -0.39 is 23.0 Å². The highest BCUT2D eigenvalue weighted by Gasteiger charge is 2.68. The van der Waals surface area contributed by atoms with E-state index in [-0.39, 0.29) is 33.6 Å². The lowest BCUT2D eigenvalue weighted by Crippen LogP contribution is -2.63. The van der Waals surface area contributed by atoms with Crippen molar-refractivity contribution < 1.29 is 19.4 Å². The van der Waals surface area contributed by atoms with Crippen molar-refractivity contribution in [3.8, 4) is 0 Å². The van der Waals surface area contributed by atoms with Crippen LogP contribution < -0.4 is 0 Å². The molecule has 0 aromatic carbocycles. The summed E-state index contributed by atoms with van der Waals surface area (Å²) in [5.41, 5.74) is -1.18. The third-order valence-corrected chi connectivity index (χ3v) is 9.31. The molecular weight excluding hydrogens is 455 g/mol. The molecule has 2 bridgehead atoms. The molecule has 0 aliphatic heterocycles. The second-order valence-corrected chi connectivity index (χ2v) is 10.5. The predicted octanol–water partition coefficient (Wildman–Crippen LogP) is 4.33. The highest BCUT2D eigenvalue weighted by Crippen LogP contribution is 2.67. The van der Waals surface area contributed by atoms with Gasteiger partial charge in [0.1, 0.15) is 11.9 Å². The van der Waals surface area contributed by atoms with Gasteiger partial charge in [-0.25, -0.2) is 0 Å². The minimum atomic E-state index is -0.609. The average Bonchev–Trinajstić information content (AvgIpc) is 3.00. The van der Waals surface area contributed by atoms with Crippen LogP contribution in [0.25, 0.3) is 0 Å². The molecule has 3 saturated carbocycles. The molecule has 4 nitrogen and oxygen atoms in total. The number of esters is 1. The lowest BCUT2D eigenvalue weighted by Gasteiger charge is -2.61. The van der Waals surface area contributed by atoms with E-state index in [9.17, 15) is 14.7 Å². The minimum absolute atomic E-state index is 0.00463. The first-order valence-electron chi connectivity index (χ1n) is 10.2. The lowest BCUT2D eigenvalue weighted by molar-refractivity contribution is -0.205. The number of aliphatic hydroxyl groups is 1. The number of halogens is 1. The predicted molar refractivity (Wildman–Crippen MR) is 114 cm³/mol. The van der Waals surface area contributed by atoms with Crippen LogP contribution in [-0.4, -0.2) is 33.5 Å². The van der Waals surface area contributed by atoms with Crippen LogP contribution in [0.3, 0.4) is 0 Å². The monoisotopic (exact) mass is 488 g/mol. The number of Topliss-reactive ketones (excluding diaryl/α,β-unsaturated/α-hetero) is 1. The molecule has 3 rings (SSSR count). The Hall–Kier alpha value is -0.430. The minimum Gasteiger partial charge on any atom is -0.461 e. The lowest BCUT2D eigenvalue weighted by atomic mass is 9.44. The summed E-state index contributed by atoms with van der Waals surface area (Å²) in [7, 11) is 0. The zero-order valence-corrected chi connectivity index (χ0v) is 19.1. The van der Waals surface area contributed by atoms with Crippen molar-refractivity contribution in [1.29, 1.82) is 0 Å². The van der Waals surface area contributed by atoms with E-state index in [4.69, 9.17) is 4.74 Å². The molecule has 3 fully saturated rings. The molecule has 5 heteroatoms. The van der Waals surface area contributed by atoms with Gasteiger partial charge >= 0.3 is 5.97 Å². The molecule has 3 aliphatic rings. The van der Waals surface area contributed by atoms with Crippen LogP contribution in [0.15, 0.2) is 12.7 Å². The van der Waals surface area contributed by atoms with Gasteiger partial charge < -0.3 is 9.84 Å². The van der Waals surface area contributed by atoms with Crippen LogP contribution >= 0.6 is 22.6 Å². The summed E-state index contributed by atoms with van der Waals surface area (Å²) >= 11 is 2.02. The highest BCUT2D eigenvalue weighted by atomic mass is 127. The van der Waals surface area contributed by atoms with Gasteiger partial charge in [-0.1, -0.05) is 56.4 Å². The Kier molecular flexibility index (Phi) is 5.61. The molecular formula is C22H33IO4. The Balaban J connectivity index is 2.21. The maximum absolute atomic E-state index is 13.2. The molecule has 0 aromatic rings. The van der Waals surface area contributed by atoms with E-state index in [2.05, 4.69) is 27.4 Å². The van der Waals surface area contributed by atoms with Gasteiger partial charge in [0.05, 0.1) is 10.5 Å². The molecule has 0 radical (unpaired) electrons. The summed E-state index contributed by atoms with van der Waals surface area (Å²) in [6, 6.07) is 0. The maximum atomic E-state index is 13.2. The van der Waals surface area contributed by atoms with Gasteiger partial charge in [-0.05, 0) is 42.9 Å². The standard InChI is InChI=1S/C22H33IO4/c1-6-20(4)11-16(27-17(25)12-23)21(5)13(2)7-9-22(14(3)19(20)26)10-8-15(24)18(21)22/h6,13-14,16,18-19,26H,1,7-12H2,2-5H3/t13-,14+,16+,18+,19+,20-,21+,22+/m1/s1. The fourth-order valence-electron chi connectivity index (χ4n) is 6.69. The Morgan fingerprint density at radius 3 is 2.63 bits per heavy atom. The first-order chi connectivity index (χ1) is 12.6. The molecule has 152 valence electrons. The van der Waals surface area contributed by atoms with E-state index >= 15 is 0 Å². The van der Waals surface area contributed by atoms with Crippen molar-refractivity contribution in [2.24, 2.45) is 34.0 Å². The van der Waals surface area contributed by atoms with Gasteiger partial charge in [-0.15, -0.1) is 6.58 Å². The number of alkyl halides is 1. The second-order valence-electron chi connectivity index (χ2n) is 9.70. The number of ketones is 1. The summed E-state index contributed by atoms with van der Waals surface area (Å²) in [6.07, 6.45) is 4.69. The van der Waals surface area contributed by atoms with Gasteiger partial charge in [0.2, 0.25) is 0 Å². The summed E-state index contributed by atoms with van der Waals surface area (Å²) in [5.74, 6) is 0.178. The molecule has 0 unspecified atom stereocenters. The summed E-state index contributed by atoms with van der Waals surface area (Å²) in [6.45, 7) is 12.5. The number of hydrogen-bond donors (Lipinski definition) is 1.